The van der Waals surface area contributed by atoms with E-state index in [-0.39, 0.29) is 29.0 Å². The summed E-state index contributed by atoms with van der Waals surface area (Å²) in [6.45, 7) is 1.59. The molecule has 0 aliphatic carbocycles. The van der Waals surface area contributed by atoms with Gasteiger partial charge in [-0.25, -0.2) is 8.42 Å². The molecule has 0 fully saturated rings. The average molecular weight is 517 g/mol. The van der Waals surface area contributed by atoms with Gasteiger partial charge in [0.25, 0.3) is 0 Å². The number of methoxy groups -OCH3 is 2. The monoisotopic (exact) mass is 516 g/mol. The zero-order chi connectivity index (χ0) is 25.4. The third-order valence-corrected chi connectivity index (χ3v) is 7.69. The summed E-state index contributed by atoms with van der Waals surface area (Å²) in [5.41, 5.74) is 1.76. The third kappa shape index (κ3) is 6.75. The van der Waals surface area contributed by atoms with E-state index in [4.69, 9.17) is 21.1 Å². The molecule has 35 heavy (non-hydrogen) atoms. The molecule has 7 nitrogen and oxygen atoms in total. The molecule has 1 amide bonds. The topological polar surface area (TPSA) is 84.9 Å². The second kappa shape index (κ2) is 12.1. The van der Waals surface area contributed by atoms with Crippen molar-refractivity contribution in [3.8, 4) is 11.5 Å². The van der Waals surface area contributed by atoms with Crippen molar-refractivity contribution < 1.29 is 22.7 Å². The van der Waals surface area contributed by atoms with E-state index in [0.717, 1.165) is 11.1 Å². The largest absolute Gasteiger partial charge is 0.496 e. The van der Waals surface area contributed by atoms with Crippen LogP contribution in [0.25, 0.3) is 0 Å². The molecule has 0 aliphatic rings. The number of nitrogens with zero attached hydrogens (tertiary/aromatic N) is 1. The molecule has 3 aromatic rings. The summed E-state index contributed by atoms with van der Waals surface area (Å²) in [7, 11) is -1.01. The predicted octanol–water partition coefficient (Wildman–Crippen LogP) is 4.47. The summed E-state index contributed by atoms with van der Waals surface area (Å²) < 4.78 is 38.7. The maximum absolute atomic E-state index is 13.5. The molecule has 9 heteroatoms. The van der Waals surface area contributed by atoms with E-state index in [1.54, 1.807) is 7.11 Å². The molecular formula is C26H29ClN2O5S. The van der Waals surface area contributed by atoms with Crippen molar-refractivity contribution in [2.45, 2.75) is 24.3 Å². The van der Waals surface area contributed by atoms with Crippen LogP contribution in [-0.2, 0) is 21.2 Å². The Morgan fingerprint density at radius 2 is 1.63 bits per heavy atom. The van der Waals surface area contributed by atoms with Crippen LogP contribution in [0, 0.1) is 0 Å². The van der Waals surface area contributed by atoms with Crippen molar-refractivity contribution >= 4 is 27.5 Å². The number of hydrogen-bond donors (Lipinski definition) is 1. The molecular weight excluding hydrogens is 488 g/mol. The first-order valence-electron chi connectivity index (χ1n) is 11.1. The van der Waals surface area contributed by atoms with Crippen LogP contribution in [0.5, 0.6) is 11.5 Å². The highest BCUT2D eigenvalue weighted by Gasteiger charge is 2.28. The van der Waals surface area contributed by atoms with Gasteiger partial charge in [-0.2, -0.15) is 4.31 Å². The van der Waals surface area contributed by atoms with Crippen LogP contribution in [0.3, 0.4) is 0 Å². The molecule has 0 saturated heterocycles. The number of carbonyl (C=O) groups excluding carboxylic acids is 1. The number of nitrogens with one attached hydrogen (secondary N) is 1. The molecule has 3 rings (SSSR count). The highest BCUT2D eigenvalue weighted by molar-refractivity contribution is 7.89. The summed E-state index contributed by atoms with van der Waals surface area (Å²) in [6, 6.07) is 20.7. The van der Waals surface area contributed by atoms with E-state index in [2.05, 4.69) is 5.32 Å². The molecule has 1 atom stereocenters. The van der Waals surface area contributed by atoms with Crippen LogP contribution < -0.4 is 14.8 Å². The Balaban J connectivity index is 1.83. The van der Waals surface area contributed by atoms with Crippen molar-refractivity contribution in [2.75, 3.05) is 27.3 Å². The standard InChI is InChI=1S/C26H29ClN2O5S/c1-19(22-11-7-8-12-24(22)33-2)28-26(30)18-29(16-15-20-9-5-4-6-10-20)35(31,32)21-13-14-25(34-3)23(27)17-21/h4-14,17,19H,15-16,18H2,1-3H3,(H,28,30)/t19-/m1/s1. The first-order chi connectivity index (χ1) is 16.8. The van der Waals surface area contributed by atoms with Crippen LogP contribution in [0.2, 0.25) is 5.02 Å². The molecule has 0 aromatic heterocycles. The molecule has 0 spiro atoms. The quantitative estimate of drug-likeness (QED) is 0.406. The summed E-state index contributed by atoms with van der Waals surface area (Å²) in [5, 5.41) is 3.05. The van der Waals surface area contributed by atoms with Crippen molar-refractivity contribution in [1.82, 2.24) is 9.62 Å². The van der Waals surface area contributed by atoms with Crippen LogP contribution in [0.4, 0.5) is 0 Å². The maximum Gasteiger partial charge on any atom is 0.243 e. The number of ether oxygens (including phenoxy) is 2. The molecule has 3 aromatic carbocycles. The van der Waals surface area contributed by atoms with Gasteiger partial charge in [-0.05, 0) is 43.2 Å². The average Bonchev–Trinajstić information content (AvgIpc) is 2.86. The molecule has 0 aliphatic heterocycles. The summed E-state index contributed by atoms with van der Waals surface area (Å²) >= 11 is 6.19. The molecule has 186 valence electrons. The Morgan fingerprint density at radius 1 is 0.971 bits per heavy atom. The molecule has 0 radical (unpaired) electrons. The Bertz CT molecular complexity index is 1250. The number of hydrogen-bond acceptors (Lipinski definition) is 5. The number of halogens is 1. The SMILES string of the molecule is COc1ccc(S(=O)(=O)N(CCc2ccccc2)CC(=O)N[C@H](C)c2ccccc2OC)cc1Cl. The minimum absolute atomic E-state index is 0.0121. The van der Waals surface area contributed by atoms with Gasteiger partial charge >= 0.3 is 0 Å². The van der Waals surface area contributed by atoms with Gasteiger partial charge in [0.05, 0.1) is 36.7 Å². The Kier molecular flexibility index (Phi) is 9.14. The lowest BCUT2D eigenvalue weighted by Crippen LogP contribution is -2.42. The predicted molar refractivity (Wildman–Crippen MR) is 136 cm³/mol. The molecule has 0 bridgehead atoms. The van der Waals surface area contributed by atoms with Crippen LogP contribution >= 0.6 is 11.6 Å². The number of amides is 1. The fraction of sp³-hybridized carbons (Fsp3) is 0.269. The second-order valence-corrected chi connectivity index (χ2v) is 10.2. The van der Waals surface area contributed by atoms with E-state index in [9.17, 15) is 13.2 Å². The van der Waals surface area contributed by atoms with Gasteiger partial charge in [-0.3, -0.25) is 4.79 Å². The van der Waals surface area contributed by atoms with Gasteiger partial charge in [-0.15, -0.1) is 0 Å². The van der Waals surface area contributed by atoms with Gasteiger partial charge in [0.2, 0.25) is 15.9 Å². The van der Waals surface area contributed by atoms with Crippen molar-refractivity contribution in [2.24, 2.45) is 0 Å². The van der Waals surface area contributed by atoms with Crippen molar-refractivity contribution in [3.05, 3.63) is 88.9 Å². The third-order valence-electron chi connectivity index (χ3n) is 5.56. The minimum atomic E-state index is -4.02. The molecule has 0 heterocycles. The van der Waals surface area contributed by atoms with E-state index in [0.29, 0.717) is 17.9 Å². The zero-order valence-electron chi connectivity index (χ0n) is 19.9. The molecule has 1 N–H and O–H groups in total. The van der Waals surface area contributed by atoms with E-state index in [1.165, 1.54) is 29.6 Å². The molecule has 0 saturated carbocycles. The lowest BCUT2D eigenvalue weighted by molar-refractivity contribution is -0.121. The zero-order valence-corrected chi connectivity index (χ0v) is 21.5. The summed E-state index contributed by atoms with van der Waals surface area (Å²) in [4.78, 5) is 13.0. The Morgan fingerprint density at radius 3 is 2.29 bits per heavy atom. The van der Waals surface area contributed by atoms with Gasteiger partial charge in [0, 0.05) is 12.1 Å². The van der Waals surface area contributed by atoms with Gasteiger partial charge in [0.15, 0.2) is 0 Å². The van der Waals surface area contributed by atoms with Gasteiger partial charge in [0.1, 0.15) is 11.5 Å². The lowest BCUT2D eigenvalue weighted by atomic mass is 10.1. The number of rotatable bonds is 11. The van der Waals surface area contributed by atoms with E-state index >= 15 is 0 Å². The number of benzene rings is 3. The van der Waals surface area contributed by atoms with Crippen molar-refractivity contribution in [1.29, 1.82) is 0 Å². The second-order valence-electron chi connectivity index (χ2n) is 7.90. The number of carbonyl (C=O) groups is 1. The first kappa shape index (κ1) is 26.5. The van der Waals surface area contributed by atoms with Crippen LogP contribution in [-0.4, -0.2) is 45.9 Å². The van der Waals surface area contributed by atoms with Crippen LogP contribution in [0.1, 0.15) is 24.1 Å². The van der Waals surface area contributed by atoms with Gasteiger partial charge < -0.3 is 14.8 Å². The summed E-state index contributed by atoms with van der Waals surface area (Å²) in [6.07, 6.45) is 0.444. The Hall–Kier alpha value is -3.07. The minimum Gasteiger partial charge on any atom is -0.496 e. The van der Waals surface area contributed by atoms with Crippen molar-refractivity contribution in [3.63, 3.8) is 0 Å². The fourth-order valence-corrected chi connectivity index (χ4v) is 5.43. The normalized spacial score (nSPS) is 12.3. The lowest BCUT2D eigenvalue weighted by Gasteiger charge is -2.24. The van der Waals surface area contributed by atoms with E-state index < -0.39 is 15.9 Å². The number of para-hydroxylation sites is 1. The fourth-order valence-electron chi connectivity index (χ4n) is 3.69. The highest BCUT2D eigenvalue weighted by Crippen LogP contribution is 2.29. The smallest absolute Gasteiger partial charge is 0.243 e. The maximum atomic E-state index is 13.5. The number of sulfonamides is 1. The highest BCUT2D eigenvalue weighted by atomic mass is 35.5. The van der Waals surface area contributed by atoms with E-state index in [1.807, 2.05) is 61.5 Å². The van der Waals surface area contributed by atoms with Gasteiger partial charge in [-0.1, -0.05) is 60.1 Å². The van der Waals surface area contributed by atoms with Crippen LogP contribution in [0.15, 0.2) is 77.7 Å². The Labute approximate surface area is 211 Å². The first-order valence-corrected chi connectivity index (χ1v) is 12.9. The summed E-state index contributed by atoms with van der Waals surface area (Å²) in [5.74, 6) is 0.575. The molecule has 0 unspecified atom stereocenters.